The van der Waals surface area contributed by atoms with Crippen LogP contribution in [0, 0.1) is 12.8 Å². The van der Waals surface area contributed by atoms with E-state index in [-0.39, 0.29) is 24.2 Å². The molecule has 1 heterocycles. The first-order valence-corrected chi connectivity index (χ1v) is 8.09. The van der Waals surface area contributed by atoms with Crippen LogP contribution in [0.25, 0.3) is 0 Å². The highest BCUT2D eigenvalue weighted by Gasteiger charge is 2.29. The second-order valence-corrected chi connectivity index (χ2v) is 6.17. The molecule has 0 aliphatic heterocycles. The summed E-state index contributed by atoms with van der Waals surface area (Å²) in [5.74, 6) is 1.99. The maximum atomic E-state index is 12.1. The minimum atomic E-state index is -0.211. The second-order valence-electron chi connectivity index (χ2n) is 6.17. The topological polar surface area (TPSA) is 73.6 Å². The van der Waals surface area contributed by atoms with Gasteiger partial charge in [-0.2, -0.15) is 0 Å². The zero-order chi connectivity index (χ0) is 17.1. The first-order chi connectivity index (χ1) is 11.6. The van der Waals surface area contributed by atoms with Crippen molar-refractivity contribution in [2.45, 2.75) is 39.3 Å². The van der Waals surface area contributed by atoms with E-state index in [1.165, 1.54) is 19.1 Å². The van der Waals surface area contributed by atoms with Crippen LogP contribution in [0.1, 0.15) is 41.7 Å². The average molecular weight is 330 g/mol. The molecule has 1 amide bonds. The number of hydrogen-bond acceptors (Lipinski definition) is 5. The summed E-state index contributed by atoms with van der Waals surface area (Å²) in [7, 11) is 1.59. The summed E-state index contributed by atoms with van der Waals surface area (Å²) < 4.78 is 16.3. The van der Waals surface area contributed by atoms with Crippen LogP contribution < -0.4 is 14.8 Å². The predicted molar refractivity (Wildman–Crippen MR) is 88.2 cm³/mol. The molecular weight excluding hydrogens is 308 g/mol. The Morgan fingerprint density at radius 1 is 1.42 bits per heavy atom. The molecule has 1 aromatic carbocycles. The standard InChI is InChI=1S/C18H22N2O4/c1-11-4-7-15(16(8-11)22-3)23-10-17-20-14(9-24-17)18(21)19-12(2)13-5-6-13/h4,7-9,12-13H,5-6,10H2,1-3H3,(H,19,21)/t12-/m0/s1. The van der Waals surface area contributed by atoms with Gasteiger partial charge >= 0.3 is 0 Å². The van der Waals surface area contributed by atoms with E-state index in [4.69, 9.17) is 13.9 Å². The van der Waals surface area contributed by atoms with Gasteiger partial charge in [-0.15, -0.1) is 0 Å². The highest BCUT2D eigenvalue weighted by atomic mass is 16.5. The van der Waals surface area contributed by atoms with Crippen LogP contribution >= 0.6 is 0 Å². The molecule has 2 aromatic rings. The third kappa shape index (κ3) is 3.88. The number of hydrogen-bond donors (Lipinski definition) is 1. The summed E-state index contributed by atoms with van der Waals surface area (Å²) in [5, 5.41) is 2.95. The number of nitrogens with zero attached hydrogens (tertiary/aromatic N) is 1. The van der Waals surface area contributed by atoms with Gasteiger partial charge in [0.05, 0.1) is 7.11 Å². The van der Waals surface area contributed by atoms with Gasteiger partial charge in [0.2, 0.25) is 5.89 Å². The number of rotatable bonds is 7. The Morgan fingerprint density at radius 2 is 2.21 bits per heavy atom. The lowest BCUT2D eigenvalue weighted by molar-refractivity contribution is 0.0930. The van der Waals surface area contributed by atoms with Crippen molar-refractivity contribution in [2.75, 3.05) is 7.11 Å². The number of carbonyl (C=O) groups is 1. The first kappa shape index (κ1) is 16.4. The maximum Gasteiger partial charge on any atom is 0.273 e. The highest BCUT2D eigenvalue weighted by molar-refractivity contribution is 5.92. The molecule has 1 N–H and O–H groups in total. The van der Waals surface area contributed by atoms with Crippen molar-refractivity contribution < 1.29 is 18.7 Å². The molecule has 24 heavy (non-hydrogen) atoms. The molecule has 1 aliphatic rings. The monoisotopic (exact) mass is 330 g/mol. The van der Waals surface area contributed by atoms with Crippen LogP contribution in [0.5, 0.6) is 11.5 Å². The molecule has 0 saturated heterocycles. The van der Waals surface area contributed by atoms with E-state index < -0.39 is 0 Å². The summed E-state index contributed by atoms with van der Waals surface area (Å²) in [5.41, 5.74) is 1.36. The minimum absolute atomic E-state index is 0.130. The molecule has 1 atom stereocenters. The number of aromatic nitrogens is 1. The Kier molecular flexibility index (Phi) is 4.74. The van der Waals surface area contributed by atoms with Gasteiger partial charge in [0, 0.05) is 6.04 Å². The molecule has 0 spiro atoms. The number of benzene rings is 1. The third-order valence-corrected chi connectivity index (χ3v) is 4.14. The summed E-state index contributed by atoms with van der Waals surface area (Å²) in [6.45, 7) is 4.13. The van der Waals surface area contributed by atoms with E-state index in [1.807, 2.05) is 32.0 Å². The summed E-state index contributed by atoms with van der Waals surface area (Å²) in [6, 6.07) is 5.84. The van der Waals surface area contributed by atoms with E-state index in [0.717, 1.165) is 5.56 Å². The van der Waals surface area contributed by atoms with E-state index in [2.05, 4.69) is 10.3 Å². The normalized spacial score (nSPS) is 15.0. The Hall–Kier alpha value is -2.50. The molecule has 1 aliphatic carbocycles. The zero-order valence-corrected chi connectivity index (χ0v) is 14.2. The van der Waals surface area contributed by atoms with Gasteiger partial charge < -0.3 is 19.2 Å². The number of ether oxygens (including phenoxy) is 2. The van der Waals surface area contributed by atoms with E-state index >= 15 is 0 Å². The Labute approximate surface area is 141 Å². The van der Waals surface area contributed by atoms with Gasteiger partial charge in [-0.25, -0.2) is 4.98 Å². The molecule has 1 fully saturated rings. The highest BCUT2D eigenvalue weighted by Crippen LogP contribution is 2.32. The molecule has 0 radical (unpaired) electrons. The molecule has 6 heteroatoms. The molecule has 1 saturated carbocycles. The average Bonchev–Trinajstić information content (AvgIpc) is 3.32. The van der Waals surface area contributed by atoms with Gasteiger partial charge in [0.15, 0.2) is 23.8 Å². The largest absolute Gasteiger partial charge is 0.493 e. The van der Waals surface area contributed by atoms with Crippen LogP contribution in [0.3, 0.4) is 0 Å². The van der Waals surface area contributed by atoms with E-state index in [0.29, 0.717) is 23.3 Å². The van der Waals surface area contributed by atoms with Crippen molar-refractivity contribution in [1.29, 1.82) is 0 Å². The van der Waals surface area contributed by atoms with Gasteiger partial charge in [0.25, 0.3) is 5.91 Å². The van der Waals surface area contributed by atoms with Gasteiger partial charge in [0.1, 0.15) is 6.26 Å². The van der Waals surface area contributed by atoms with Crippen LogP contribution in [0.15, 0.2) is 28.9 Å². The fourth-order valence-corrected chi connectivity index (χ4v) is 2.51. The Balaban J connectivity index is 1.58. The lowest BCUT2D eigenvalue weighted by Gasteiger charge is -2.10. The van der Waals surface area contributed by atoms with Gasteiger partial charge in [-0.3, -0.25) is 4.79 Å². The maximum absolute atomic E-state index is 12.1. The number of carbonyl (C=O) groups excluding carboxylic acids is 1. The van der Waals surface area contributed by atoms with Crippen LogP contribution in [0.4, 0.5) is 0 Å². The number of nitrogens with one attached hydrogen (secondary N) is 1. The number of methoxy groups -OCH3 is 1. The van der Waals surface area contributed by atoms with Crippen LogP contribution in [-0.2, 0) is 6.61 Å². The Bertz CT molecular complexity index is 722. The lowest BCUT2D eigenvalue weighted by atomic mass is 10.2. The van der Waals surface area contributed by atoms with Crippen molar-refractivity contribution in [2.24, 2.45) is 5.92 Å². The zero-order valence-electron chi connectivity index (χ0n) is 14.2. The second kappa shape index (κ2) is 6.95. The molecule has 6 nitrogen and oxygen atoms in total. The SMILES string of the molecule is COc1cc(C)ccc1OCc1nc(C(=O)N[C@@H](C)C2CC2)co1. The van der Waals surface area contributed by atoms with E-state index in [1.54, 1.807) is 7.11 Å². The van der Waals surface area contributed by atoms with Crippen molar-refractivity contribution in [3.63, 3.8) is 0 Å². The molecular formula is C18H22N2O4. The fourth-order valence-electron chi connectivity index (χ4n) is 2.51. The van der Waals surface area contributed by atoms with Crippen LogP contribution in [-0.4, -0.2) is 24.0 Å². The van der Waals surface area contributed by atoms with Gasteiger partial charge in [-0.05, 0) is 50.3 Å². The number of oxazole rings is 1. The van der Waals surface area contributed by atoms with Crippen LogP contribution in [0.2, 0.25) is 0 Å². The van der Waals surface area contributed by atoms with E-state index in [9.17, 15) is 4.79 Å². The number of aryl methyl sites for hydroxylation is 1. The Morgan fingerprint density at radius 3 is 2.92 bits per heavy atom. The smallest absolute Gasteiger partial charge is 0.273 e. The molecule has 1 aromatic heterocycles. The minimum Gasteiger partial charge on any atom is -0.493 e. The molecule has 0 bridgehead atoms. The van der Waals surface area contributed by atoms with Gasteiger partial charge in [-0.1, -0.05) is 6.07 Å². The third-order valence-electron chi connectivity index (χ3n) is 4.14. The summed E-state index contributed by atoms with van der Waals surface area (Å²) in [6.07, 6.45) is 3.72. The summed E-state index contributed by atoms with van der Waals surface area (Å²) >= 11 is 0. The van der Waals surface area contributed by atoms with Crippen molar-refractivity contribution >= 4 is 5.91 Å². The lowest BCUT2D eigenvalue weighted by Crippen LogP contribution is -2.34. The predicted octanol–water partition coefficient (Wildman–Crippen LogP) is 3.10. The fraction of sp³-hybridized carbons (Fsp3) is 0.444. The first-order valence-electron chi connectivity index (χ1n) is 8.09. The van der Waals surface area contributed by atoms with Crippen molar-refractivity contribution in [1.82, 2.24) is 10.3 Å². The summed E-state index contributed by atoms with van der Waals surface area (Å²) in [4.78, 5) is 16.3. The quantitative estimate of drug-likeness (QED) is 0.844. The molecule has 0 unspecified atom stereocenters. The van der Waals surface area contributed by atoms with Crippen molar-refractivity contribution in [3.05, 3.63) is 41.6 Å². The molecule has 128 valence electrons. The van der Waals surface area contributed by atoms with Crippen molar-refractivity contribution in [3.8, 4) is 11.5 Å². The number of amides is 1. The molecule has 3 rings (SSSR count).